The number of fused-ring (bicyclic) bond motifs is 1. The molecule has 20 heavy (non-hydrogen) atoms. The summed E-state index contributed by atoms with van der Waals surface area (Å²) in [4.78, 5) is 14.8. The first-order valence-corrected chi connectivity index (χ1v) is 7.05. The van der Waals surface area contributed by atoms with E-state index >= 15 is 0 Å². The number of carbonyl (C=O) groups is 1. The van der Waals surface area contributed by atoms with Crippen molar-refractivity contribution in [3.05, 3.63) is 35.0 Å². The van der Waals surface area contributed by atoms with Gasteiger partial charge in [0.05, 0.1) is 19.1 Å². The molecule has 0 bridgehead atoms. The van der Waals surface area contributed by atoms with Crippen LogP contribution in [0.15, 0.2) is 18.2 Å². The number of aryl methyl sites for hydroxylation is 2. The minimum Gasteiger partial charge on any atom is -0.393 e. The third-order valence-electron chi connectivity index (χ3n) is 3.47. The van der Waals surface area contributed by atoms with E-state index in [1.807, 2.05) is 0 Å². The third kappa shape index (κ3) is 3.39. The minimum absolute atomic E-state index is 0.135. The molecule has 2 rings (SSSR count). The fourth-order valence-electron chi connectivity index (χ4n) is 2.41. The lowest BCUT2D eigenvalue weighted by Gasteiger charge is -2.05. The van der Waals surface area contributed by atoms with Crippen LogP contribution in [-0.2, 0) is 17.8 Å². The number of benzene rings is 1. The van der Waals surface area contributed by atoms with Crippen LogP contribution < -0.4 is 5.32 Å². The van der Waals surface area contributed by atoms with Gasteiger partial charge in [-0.15, -0.1) is 0 Å². The molecule has 1 heterocycles. The summed E-state index contributed by atoms with van der Waals surface area (Å²) in [5, 5.41) is 13.1. The highest BCUT2D eigenvalue weighted by molar-refractivity contribution is 5.82. The molecule has 1 amide bonds. The Hall–Kier alpha value is -1.81. The van der Waals surface area contributed by atoms with Crippen molar-refractivity contribution in [2.45, 2.75) is 46.3 Å². The van der Waals surface area contributed by atoms with E-state index in [1.165, 1.54) is 16.5 Å². The Kier molecular flexibility index (Phi) is 4.45. The van der Waals surface area contributed by atoms with Crippen molar-refractivity contribution in [3.8, 4) is 0 Å². The van der Waals surface area contributed by atoms with Crippen molar-refractivity contribution in [1.82, 2.24) is 10.3 Å². The number of aromatic amines is 1. The zero-order valence-corrected chi connectivity index (χ0v) is 12.3. The normalized spacial score (nSPS) is 12.6. The van der Waals surface area contributed by atoms with Gasteiger partial charge in [0.2, 0.25) is 5.91 Å². The van der Waals surface area contributed by atoms with Crippen LogP contribution in [0.3, 0.4) is 0 Å². The lowest BCUT2D eigenvalue weighted by Crippen LogP contribution is -2.25. The predicted octanol–water partition coefficient (Wildman–Crippen LogP) is 2.43. The van der Waals surface area contributed by atoms with E-state index in [4.69, 9.17) is 5.11 Å². The molecule has 1 aromatic heterocycles. The van der Waals surface area contributed by atoms with Gasteiger partial charge in [-0.3, -0.25) is 4.79 Å². The summed E-state index contributed by atoms with van der Waals surface area (Å²) in [6, 6.07) is 6.40. The Bertz CT molecular complexity index is 614. The predicted molar refractivity (Wildman–Crippen MR) is 80.6 cm³/mol. The summed E-state index contributed by atoms with van der Waals surface area (Å²) in [6.07, 6.45) is 0.549. The summed E-state index contributed by atoms with van der Waals surface area (Å²) in [5.74, 6) is -0.135. The zero-order valence-electron chi connectivity index (χ0n) is 12.3. The molecule has 2 aromatic rings. The quantitative estimate of drug-likeness (QED) is 0.784. The number of amides is 1. The molecule has 1 unspecified atom stereocenters. The smallest absolute Gasteiger partial charge is 0.222 e. The van der Waals surface area contributed by atoms with Crippen LogP contribution in [0.4, 0.5) is 0 Å². The van der Waals surface area contributed by atoms with Crippen molar-refractivity contribution in [2.24, 2.45) is 0 Å². The number of rotatable bonds is 5. The Labute approximate surface area is 119 Å². The summed E-state index contributed by atoms with van der Waals surface area (Å²) in [7, 11) is 0. The van der Waals surface area contributed by atoms with Crippen molar-refractivity contribution < 1.29 is 9.90 Å². The minimum atomic E-state index is -0.604. The van der Waals surface area contributed by atoms with E-state index in [0.717, 1.165) is 17.6 Å². The Balaban J connectivity index is 2.10. The van der Waals surface area contributed by atoms with Crippen LogP contribution in [-0.4, -0.2) is 22.1 Å². The summed E-state index contributed by atoms with van der Waals surface area (Å²) < 4.78 is 0. The van der Waals surface area contributed by atoms with E-state index in [2.05, 4.69) is 42.3 Å². The third-order valence-corrected chi connectivity index (χ3v) is 3.47. The molecule has 4 nitrogen and oxygen atoms in total. The molecule has 1 atom stereocenters. The zero-order chi connectivity index (χ0) is 14.7. The van der Waals surface area contributed by atoms with Crippen LogP contribution in [0.25, 0.3) is 10.9 Å². The number of carbonyl (C=O) groups excluding carboxylic acids is 1. The molecule has 0 aliphatic heterocycles. The van der Waals surface area contributed by atoms with Crippen molar-refractivity contribution in [3.63, 3.8) is 0 Å². The van der Waals surface area contributed by atoms with Crippen LogP contribution in [0.5, 0.6) is 0 Å². The van der Waals surface area contributed by atoms with Gasteiger partial charge < -0.3 is 15.4 Å². The highest BCUT2D eigenvalue weighted by Gasteiger charge is 2.08. The maximum Gasteiger partial charge on any atom is 0.222 e. The summed E-state index contributed by atoms with van der Waals surface area (Å²) in [5.41, 5.74) is 4.71. The average Bonchev–Trinajstić information content (AvgIpc) is 2.76. The van der Waals surface area contributed by atoms with E-state index in [1.54, 1.807) is 6.92 Å². The Morgan fingerprint density at radius 2 is 2.15 bits per heavy atom. The van der Waals surface area contributed by atoms with E-state index in [9.17, 15) is 4.79 Å². The van der Waals surface area contributed by atoms with Gasteiger partial charge in [-0.1, -0.05) is 6.92 Å². The van der Waals surface area contributed by atoms with Crippen molar-refractivity contribution in [2.75, 3.05) is 0 Å². The highest BCUT2D eigenvalue weighted by atomic mass is 16.3. The Morgan fingerprint density at radius 1 is 1.40 bits per heavy atom. The first kappa shape index (κ1) is 14.6. The molecule has 0 saturated carbocycles. The van der Waals surface area contributed by atoms with Crippen molar-refractivity contribution in [1.29, 1.82) is 0 Å². The van der Waals surface area contributed by atoms with Gasteiger partial charge in [-0.2, -0.15) is 0 Å². The molecule has 0 radical (unpaired) electrons. The lowest BCUT2D eigenvalue weighted by molar-refractivity contribution is -0.122. The van der Waals surface area contributed by atoms with Crippen LogP contribution in [0.1, 0.15) is 37.1 Å². The van der Waals surface area contributed by atoms with Gasteiger partial charge in [0.1, 0.15) is 0 Å². The van der Waals surface area contributed by atoms with Gasteiger partial charge in [-0.05, 0) is 55.0 Å². The molecule has 0 saturated heterocycles. The summed E-state index contributed by atoms with van der Waals surface area (Å²) >= 11 is 0. The van der Waals surface area contributed by atoms with Gasteiger partial charge >= 0.3 is 0 Å². The van der Waals surface area contributed by atoms with Crippen LogP contribution >= 0.6 is 0 Å². The SMILES string of the molecule is CCc1cc2[nH]c(CNC(=O)CC(C)O)cc2cc1C. The molecule has 0 spiro atoms. The molecular formula is C16H22N2O2. The van der Waals surface area contributed by atoms with E-state index < -0.39 is 6.10 Å². The van der Waals surface area contributed by atoms with Gasteiger partial charge in [0, 0.05) is 11.2 Å². The first-order chi connectivity index (χ1) is 9.49. The maximum absolute atomic E-state index is 11.5. The first-order valence-electron chi connectivity index (χ1n) is 7.05. The largest absolute Gasteiger partial charge is 0.393 e. The fraction of sp³-hybridized carbons (Fsp3) is 0.438. The number of hydrogen-bond donors (Lipinski definition) is 3. The van der Waals surface area contributed by atoms with Crippen molar-refractivity contribution >= 4 is 16.8 Å². The number of nitrogens with one attached hydrogen (secondary N) is 2. The number of aromatic nitrogens is 1. The molecule has 108 valence electrons. The van der Waals surface area contributed by atoms with Crippen LogP contribution in [0, 0.1) is 6.92 Å². The molecule has 0 aliphatic rings. The second kappa shape index (κ2) is 6.09. The molecular weight excluding hydrogens is 252 g/mol. The second-order valence-corrected chi connectivity index (χ2v) is 5.34. The van der Waals surface area contributed by atoms with Gasteiger partial charge in [-0.25, -0.2) is 0 Å². The van der Waals surface area contributed by atoms with Gasteiger partial charge in [0.15, 0.2) is 0 Å². The topological polar surface area (TPSA) is 65.1 Å². The second-order valence-electron chi connectivity index (χ2n) is 5.34. The monoisotopic (exact) mass is 274 g/mol. The number of aliphatic hydroxyl groups is 1. The number of H-pyrrole nitrogens is 1. The molecule has 3 N–H and O–H groups in total. The average molecular weight is 274 g/mol. The molecule has 0 fully saturated rings. The highest BCUT2D eigenvalue weighted by Crippen LogP contribution is 2.21. The van der Waals surface area contributed by atoms with Gasteiger partial charge in [0.25, 0.3) is 0 Å². The fourth-order valence-corrected chi connectivity index (χ4v) is 2.41. The molecule has 1 aromatic carbocycles. The van der Waals surface area contributed by atoms with Crippen LogP contribution in [0.2, 0.25) is 0 Å². The summed E-state index contributed by atoms with van der Waals surface area (Å²) in [6.45, 7) is 6.34. The number of aliphatic hydroxyl groups excluding tert-OH is 1. The molecule has 4 heteroatoms. The number of hydrogen-bond acceptors (Lipinski definition) is 2. The lowest BCUT2D eigenvalue weighted by atomic mass is 10.0. The standard InChI is InChI=1S/C16H22N2O2/c1-4-12-8-15-13(5-10(12)2)7-14(18-15)9-17-16(20)6-11(3)19/h5,7-8,11,18-19H,4,6,9H2,1-3H3,(H,17,20). The maximum atomic E-state index is 11.5. The Morgan fingerprint density at radius 3 is 2.80 bits per heavy atom. The molecule has 0 aliphatic carbocycles. The van der Waals surface area contributed by atoms with E-state index in [-0.39, 0.29) is 12.3 Å². The van der Waals surface area contributed by atoms with E-state index in [0.29, 0.717) is 6.54 Å².